The molecule has 0 heterocycles. The lowest BCUT2D eigenvalue weighted by molar-refractivity contribution is 0.196. The number of rotatable bonds is 6. The maximum absolute atomic E-state index is 11.9. The van der Waals surface area contributed by atoms with Gasteiger partial charge in [-0.1, -0.05) is 0 Å². The van der Waals surface area contributed by atoms with Gasteiger partial charge in [0.05, 0.1) is 17.1 Å². The predicted molar refractivity (Wildman–Crippen MR) is 65.2 cm³/mol. The van der Waals surface area contributed by atoms with Gasteiger partial charge in [-0.2, -0.15) is 0 Å². The summed E-state index contributed by atoms with van der Waals surface area (Å²) in [7, 11) is -3.04. The second-order valence-electron chi connectivity index (χ2n) is 5.42. The van der Waals surface area contributed by atoms with E-state index in [0.29, 0.717) is 19.1 Å². The summed E-state index contributed by atoms with van der Waals surface area (Å²) >= 11 is 0. The predicted octanol–water partition coefficient (Wildman–Crippen LogP) is 0.656. The van der Waals surface area contributed by atoms with Crippen LogP contribution in [0.5, 0.6) is 0 Å². The third-order valence-corrected chi connectivity index (χ3v) is 5.62. The first-order valence-electron chi connectivity index (χ1n) is 5.85. The van der Waals surface area contributed by atoms with Crippen molar-refractivity contribution in [3.05, 3.63) is 0 Å². The SMILES string of the molecule is CC(C)(C)S(=O)(=O)CCN(CCO)C1CC1. The number of aliphatic hydroxyl groups excluding tert-OH is 1. The van der Waals surface area contributed by atoms with Gasteiger partial charge in [0.2, 0.25) is 0 Å². The number of aliphatic hydroxyl groups is 1. The van der Waals surface area contributed by atoms with Gasteiger partial charge in [0.15, 0.2) is 9.84 Å². The summed E-state index contributed by atoms with van der Waals surface area (Å²) in [5, 5.41) is 8.91. The molecule has 4 nitrogen and oxygen atoms in total. The van der Waals surface area contributed by atoms with E-state index in [1.54, 1.807) is 20.8 Å². The molecule has 1 N–H and O–H groups in total. The summed E-state index contributed by atoms with van der Waals surface area (Å²) in [6.45, 7) is 6.43. The average Bonchev–Trinajstić information content (AvgIpc) is 2.93. The lowest BCUT2D eigenvalue weighted by atomic mass is 10.3. The van der Waals surface area contributed by atoms with Gasteiger partial charge in [0.1, 0.15) is 0 Å². The Morgan fingerprint density at radius 2 is 1.81 bits per heavy atom. The van der Waals surface area contributed by atoms with Crippen molar-refractivity contribution in [3.8, 4) is 0 Å². The Bertz CT molecular complexity index is 315. The molecule has 0 saturated heterocycles. The molecule has 1 saturated carbocycles. The van der Waals surface area contributed by atoms with Crippen LogP contribution in [0.4, 0.5) is 0 Å². The summed E-state index contributed by atoms with van der Waals surface area (Å²) in [4.78, 5) is 2.09. The Hall–Kier alpha value is -0.130. The van der Waals surface area contributed by atoms with Gasteiger partial charge < -0.3 is 5.11 Å². The highest BCUT2D eigenvalue weighted by atomic mass is 32.2. The highest BCUT2D eigenvalue weighted by molar-refractivity contribution is 7.92. The quantitative estimate of drug-likeness (QED) is 0.751. The highest BCUT2D eigenvalue weighted by Gasteiger charge is 2.32. The van der Waals surface area contributed by atoms with Crippen molar-refractivity contribution < 1.29 is 13.5 Å². The van der Waals surface area contributed by atoms with Crippen molar-refractivity contribution in [2.75, 3.05) is 25.4 Å². The van der Waals surface area contributed by atoms with Gasteiger partial charge in [-0.15, -0.1) is 0 Å². The largest absolute Gasteiger partial charge is 0.395 e. The van der Waals surface area contributed by atoms with Gasteiger partial charge in [0.25, 0.3) is 0 Å². The molecule has 0 aliphatic heterocycles. The van der Waals surface area contributed by atoms with Gasteiger partial charge in [0, 0.05) is 19.1 Å². The lowest BCUT2D eigenvalue weighted by Gasteiger charge is -2.24. The standard InChI is InChI=1S/C11H23NO3S/c1-11(2,3)16(14,15)9-7-12(6-8-13)10-4-5-10/h10,13H,4-9H2,1-3H3. The van der Waals surface area contributed by atoms with Crippen LogP contribution in [-0.4, -0.2) is 54.7 Å². The van der Waals surface area contributed by atoms with Crippen molar-refractivity contribution >= 4 is 9.84 Å². The summed E-state index contributed by atoms with van der Waals surface area (Å²) in [6, 6.07) is 0.502. The Labute approximate surface area is 98.6 Å². The van der Waals surface area contributed by atoms with Crippen LogP contribution >= 0.6 is 0 Å². The molecule has 0 aromatic heterocycles. The van der Waals surface area contributed by atoms with Crippen molar-refractivity contribution in [3.63, 3.8) is 0 Å². The normalized spacial score (nSPS) is 18.1. The summed E-state index contributed by atoms with van der Waals surface area (Å²) in [5.41, 5.74) is 0. The first-order chi connectivity index (χ1) is 7.28. The Kier molecular flexibility index (Phi) is 4.37. The maximum atomic E-state index is 11.9. The number of hydrogen-bond acceptors (Lipinski definition) is 4. The fourth-order valence-corrected chi connectivity index (χ4v) is 2.68. The molecule has 5 heteroatoms. The highest BCUT2D eigenvalue weighted by Crippen LogP contribution is 2.26. The molecule has 1 aliphatic carbocycles. The average molecular weight is 249 g/mol. The Morgan fingerprint density at radius 1 is 1.25 bits per heavy atom. The second-order valence-corrected chi connectivity index (χ2v) is 8.28. The van der Waals surface area contributed by atoms with Crippen LogP contribution in [0.25, 0.3) is 0 Å². The zero-order valence-corrected chi connectivity index (χ0v) is 11.3. The number of sulfone groups is 1. The van der Waals surface area contributed by atoms with Gasteiger partial charge in [-0.25, -0.2) is 8.42 Å². The van der Waals surface area contributed by atoms with E-state index < -0.39 is 14.6 Å². The first-order valence-corrected chi connectivity index (χ1v) is 7.50. The van der Waals surface area contributed by atoms with Gasteiger partial charge in [-0.3, -0.25) is 4.90 Å². The molecule has 0 aromatic rings. The molecule has 96 valence electrons. The van der Waals surface area contributed by atoms with E-state index in [9.17, 15) is 8.42 Å². The molecule has 0 amide bonds. The number of nitrogens with zero attached hydrogens (tertiary/aromatic N) is 1. The Balaban J connectivity index is 2.48. The minimum atomic E-state index is -3.04. The van der Waals surface area contributed by atoms with Crippen LogP contribution in [0.3, 0.4) is 0 Å². The monoisotopic (exact) mass is 249 g/mol. The molecule has 0 radical (unpaired) electrons. The van der Waals surface area contributed by atoms with E-state index >= 15 is 0 Å². The number of hydrogen-bond donors (Lipinski definition) is 1. The molecular weight excluding hydrogens is 226 g/mol. The van der Waals surface area contributed by atoms with E-state index in [4.69, 9.17) is 5.11 Å². The van der Waals surface area contributed by atoms with Crippen LogP contribution < -0.4 is 0 Å². The van der Waals surface area contributed by atoms with Crippen LogP contribution in [0.1, 0.15) is 33.6 Å². The fourth-order valence-electron chi connectivity index (χ4n) is 1.59. The molecule has 16 heavy (non-hydrogen) atoms. The van der Waals surface area contributed by atoms with Crippen molar-refractivity contribution in [2.24, 2.45) is 0 Å². The first kappa shape index (κ1) is 13.9. The molecular formula is C11H23NO3S. The van der Waals surface area contributed by atoms with Crippen LogP contribution in [0.2, 0.25) is 0 Å². The molecule has 1 fully saturated rings. The van der Waals surface area contributed by atoms with Crippen LogP contribution in [0, 0.1) is 0 Å². The summed E-state index contributed by atoms with van der Waals surface area (Å²) < 4.78 is 23.2. The van der Waals surface area contributed by atoms with E-state index in [1.807, 2.05) is 0 Å². The van der Waals surface area contributed by atoms with Crippen molar-refractivity contribution in [2.45, 2.75) is 44.4 Å². The fraction of sp³-hybridized carbons (Fsp3) is 1.00. The van der Waals surface area contributed by atoms with E-state index in [2.05, 4.69) is 4.90 Å². The third-order valence-electron chi connectivity index (χ3n) is 3.03. The molecule has 0 unspecified atom stereocenters. The molecule has 1 rings (SSSR count). The van der Waals surface area contributed by atoms with Crippen molar-refractivity contribution in [1.29, 1.82) is 0 Å². The van der Waals surface area contributed by atoms with Gasteiger partial charge in [-0.05, 0) is 33.6 Å². The topological polar surface area (TPSA) is 57.6 Å². The third kappa shape index (κ3) is 3.71. The van der Waals surface area contributed by atoms with E-state index in [1.165, 1.54) is 0 Å². The van der Waals surface area contributed by atoms with Crippen LogP contribution in [-0.2, 0) is 9.84 Å². The zero-order valence-electron chi connectivity index (χ0n) is 10.4. The molecule has 0 aromatic carbocycles. The summed E-state index contributed by atoms with van der Waals surface area (Å²) in [6.07, 6.45) is 2.27. The molecule has 0 bridgehead atoms. The van der Waals surface area contributed by atoms with E-state index in [-0.39, 0.29) is 12.4 Å². The van der Waals surface area contributed by atoms with E-state index in [0.717, 1.165) is 12.8 Å². The van der Waals surface area contributed by atoms with Crippen LogP contribution in [0.15, 0.2) is 0 Å². The maximum Gasteiger partial charge on any atom is 0.156 e. The summed E-state index contributed by atoms with van der Waals surface area (Å²) in [5.74, 6) is 0.188. The zero-order chi connectivity index (χ0) is 12.4. The molecule has 0 spiro atoms. The molecule has 1 aliphatic rings. The smallest absolute Gasteiger partial charge is 0.156 e. The Morgan fingerprint density at radius 3 is 2.19 bits per heavy atom. The minimum absolute atomic E-state index is 0.103. The van der Waals surface area contributed by atoms with Crippen molar-refractivity contribution in [1.82, 2.24) is 4.90 Å². The second kappa shape index (κ2) is 5.02. The van der Waals surface area contributed by atoms with Gasteiger partial charge >= 0.3 is 0 Å². The lowest BCUT2D eigenvalue weighted by Crippen LogP contribution is -2.38. The minimum Gasteiger partial charge on any atom is -0.395 e. The molecule has 0 atom stereocenters.